The molecule has 2 aromatic carbocycles. The average Bonchev–Trinajstić information content (AvgIpc) is 2.62. The Bertz CT molecular complexity index is 881. The zero-order chi connectivity index (χ0) is 16.1. The first-order chi connectivity index (χ1) is 11.3. The number of hydrogen-bond donors (Lipinski definition) is 1. The zero-order valence-electron chi connectivity index (χ0n) is 13.4. The van der Waals surface area contributed by atoms with E-state index in [0.717, 1.165) is 22.5 Å². The second-order valence-corrected chi connectivity index (χ2v) is 5.64. The molecule has 0 radical (unpaired) electrons. The largest absolute Gasteiger partial charge is 0.388 e. The lowest BCUT2D eigenvalue weighted by atomic mass is 10.0. The Hall–Kier alpha value is -2.80. The maximum absolute atomic E-state index is 4.14. The van der Waals surface area contributed by atoms with Gasteiger partial charge in [0.1, 0.15) is 0 Å². The fourth-order valence-electron chi connectivity index (χ4n) is 2.61. The van der Waals surface area contributed by atoms with Gasteiger partial charge in [0.15, 0.2) is 0 Å². The van der Waals surface area contributed by atoms with Crippen LogP contribution in [0.5, 0.6) is 0 Å². The lowest BCUT2D eigenvalue weighted by Crippen LogP contribution is -2.22. The highest BCUT2D eigenvalue weighted by Gasteiger charge is 1.98. The van der Waals surface area contributed by atoms with Crippen molar-refractivity contribution >= 4 is 18.3 Å². The quantitative estimate of drug-likeness (QED) is 0.902. The summed E-state index contributed by atoms with van der Waals surface area (Å²) in [6.07, 6.45) is 13.8. The monoisotopic (exact) mass is 299 g/mol. The van der Waals surface area contributed by atoms with Crippen molar-refractivity contribution in [1.29, 1.82) is 0 Å². The molecular weight excluding hydrogens is 278 g/mol. The zero-order valence-corrected chi connectivity index (χ0v) is 13.4. The highest BCUT2D eigenvalue weighted by molar-refractivity contribution is 5.66. The summed E-state index contributed by atoms with van der Waals surface area (Å²) in [5.74, 6) is 0. The second kappa shape index (κ2) is 6.97. The van der Waals surface area contributed by atoms with Gasteiger partial charge in [-0.3, -0.25) is 0 Å². The molecule has 0 aliphatic heterocycles. The molecule has 1 heteroatoms. The van der Waals surface area contributed by atoms with Crippen molar-refractivity contribution < 1.29 is 0 Å². The van der Waals surface area contributed by atoms with Gasteiger partial charge in [-0.05, 0) is 51.8 Å². The number of benzene rings is 2. The van der Waals surface area contributed by atoms with Gasteiger partial charge in [0, 0.05) is 12.7 Å². The molecule has 0 atom stereocenters. The van der Waals surface area contributed by atoms with E-state index < -0.39 is 0 Å². The van der Waals surface area contributed by atoms with E-state index in [2.05, 4.69) is 90.8 Å². The highest BCUT2D eigenvalue weighted by Crippen LogP contribution is 2.19. The van der Waals surface area contributed by atoms with Crippen molar-refractivity contribution in [2.45, 2.75) is 6.42 Å². The van der Waals surface area contributed by atoms with E-state index in [1.807, 2.05) is 7.05 Å². The Balaban J connectivity index is 1.97. The molecule has 0 fully saturated rings. The molecule has 0 heterocycles. The molecule has 1 aliphatic rings. The summed E-state index contributed by atoms with van der Waals surface area (Å²) in [4.78, 5) is 0. The first kappa shape index (κ1) is 15.1. The third kappa shape index (κ3) is 3.70. The maximum Gasteiger partial charge on any atom is 0.0337 e. The molecule has 0 unspecified atom stereocenters. The van der Waals surface area contributed by atoms with Gasteiger partial charge < -0.3 is 5.32 Å². The summed E-state index contributed by atoms with van der Waals surface area (Å²) in [5, 5.41) is 5.36. The second-order valence-electron chi connectivity index (χ2n) is 5.64. The number of allylic oxidation sites excluding steroid dienone is 6. The van der Waals surface area contributed by atoms with Crippen molar-refractivity contribution in [3.05, 3.63) is 88.9 Å². The van der Waals surface area contributed by atoms with Gasteiger partial charge in [0.25, 0.3) is 0 Å². The first-order valence-corrected chi connectivity index (χ1v) is 7.87. The Kier molecular flexibility index (Phi) is 4.58. The fraction of sp³-hybridized carbons (Fsp3) is 0.0909. The van der Waals surface area contributed by atoms with E-state index in [0.29, 0.717) is 0 Å². The lowest BCUT2D eigenvalue weighted by Gasteiger charge is -2.04. The van der Waals surface area contributed by atoms with Gasteiger partial charge >= 0.3 is 0 Å². The van der Waals surface area contributed by atoms with E-state index in [-0.39, 0.29) is 0 Å². The molecule has 1 N–H and O–H groups in total. The minimum atomic E-state index is 0.991. The van der Waals surface area contributed by atoms with Crippen molar-refractivity contribution in [3.63, 3.8) is 0 Å². The van der Waals surface area contributed by atoms with Gasteiger partial charge in [-0.25, -0.2) is 0 Å². The molecule has 0 amide bonds. The fourth-order valence-corrected chi connectivity index (χ4v) is 2.61. The molecule has 0 spiro atoms. The third-order valence-corrected chi connectivity index (χ3v) is 4.04. The van der Waals surface area contributed by atoms with Crippen LogP contribution in [0.3, 0.4) is 0 Å². The Morgan fingerprint density at radius 3 is 2.43 bits per heavy atom. The van der Waals surface area contributed by atoms with Crippen molar-refractivity contribution in [1.82, 2.24) is 0 Å². The maximum atomic E-state index is 4.14. The van der Waals surface area contributed by atoms with Gasteiger partial charge in [0.05, 0.1) is 0 Å². The van der Waals surface area contributed by atoms with Crippen LogP contribution in [0, 0.1) is 0 Å². The molecule has 0 saturated heterocycles. The van der Waals surface area contributed by atoms with E-state index in [1.54, 1.807) is 0 Å². The summed E-state index contributed by atoms with van der Waals surface area (Å²) < 4.78 is 0. The van der Waals surface area contributed by atoms with Gasteiger partial charge in [-0.15, -0.1) is 0 Å². The van der Waals surface area contributed by atoms with Gasteiger partial charge in [0.2, 0.25) is 0 Å². The number of anilines is 1. The van der Waals surface area contributed by atoms with Crippen molar-refractivity contribution in [3.8, 4) is 11.1 Å². The Morgan fingerprint density at radius 1 is 0.957 bits per heavy atom. The van der Waals surface area contributed by atoms with Crippen LogP contribution in [-0.2, 0) is 0 Å². The van der Waals surface area contributed by atoms with Crippen LogP contribution in [-0.4, -0.2) is 7.05 Å². The van der Waals surface area contributed by atoms with E-state index in [4.69, 9.17) is 0 Å². The molecule has 0 saturated carbocycles. The number of nitrogens with one attached hydrogen (secondary N) is 1. The van der Waals surface area contributed by atoms with Crippen LogP contribution < -0.4 is 15.8 Å². The lowest BCUT2D eigenvalue weighted by molar-refractivity contribution is 1.27. The summed E-state index contributed by atoms with van der Waals surface area (Å²) >= 11 is 0. The SMILES string of the molecule is C=c1ccc(-c2ccc(NC)cc2)c/c1=C/C=C1/C=CC=CC1. The normalized spacial score (nSPS) is 16.0. The third-order valence-electron chi connectivity index (χ3n) is 4.04. The van der Waals surface area contributed by atoms with Crippen molar-refractivity contribution in [2.24, 2.45) is 0 Å². The standard InChI is InChI=1S/C22H21N/c1-17-8-10-21(19-12-14-22(23-2)15-13-19)16-20(17)11-9-18-6-4-3-5-7-18/h3-6,8-16,23H,1,7H2,2H3/b18-9-,20-11-. The first-order valence-electron chi connectivity index (χ1n) is 7.87. The molecule has 1 nitrogen and oxygen atoms in total. The Labute approximate surface area is 137 Å². The van der Waals surface area contributed by atoms with E-state index in [1.165, 1.54) is 16.7 Å². The van der Waals surface area contributed by atoms with E-state index in [9.17, 15) is 0 Å². The number of hydrogen-bond acceptors (Lipinski definition) is 1. The minimum absolute atomic E-state index is 0.991. The predicted octanol–water partition coefficient (Wildman–Crippen LogP) is 4.03. The van der Waals surface area contributed by atoms with Crippen LogP contribution in [0.25, 0.3) is 23.8 Å². The molecule has 0 aromatic heterocycles. The summed E-state index contributed by atoms with van der Waals surface area (Å²) in [7, 11) is 1.93. The van der Waals surface area contributed by atoms with Crippen LogP contribution in [0.15, 0.2) is 78.4 Å². The molecule has 114 valence electrons. The van der Waals surface area contributed by atoms with Crippen molar-refractivity contribution in [2.75, 3.05) is 12.4 Å². The number of rotatable bonds is 3. The highest BCUT2D eigenvalue weighted by atomic mass is 14.8. The summed E-state index contributed by atoms with van der Waals surface area (Å²) in [6, 6.07) is 14.9. The molecule has 23 heavy (non-hydrogen) atoms. The molecule has 3 rings (SSSR count). The van der Waals surface area contributed by atoms with Crippen LogP contribution in [0.4, 0.5) is 5.69 Å². The summed E-state index contributed by atoms with van der Waals surface area (Å²) in [5.41, 5.74) is 4.86. The topological polar surface area (TPSA) is 12.0 Å². The average molecular weight is 299 g/mol. The van der Waals surface area contributed by atoms with Crippen LogP contribution in [0.2, 0.25) is 0 Å². The molecule has 1 aliphatic carbocycles. The Morgan fingerprint density at radius 2 is 1.74 bits per heavy atom. The van der Waals surface area contributed by atoms with Crippen LogP contribution >= 0.6 is 0 Å². The minimum Gasteiger partial charge on any atom is -0.388 e. The molecule has 0 bridgehead atoms. The van der Waals surface area contributed by atoms with E-state index >= 15 is 0 Å². The predicted molar refractivity (Wildman–Crippen MR) is 102 cm³/mol. The smallest absolute Gasteiger partial charge is 0.0337 e. The van der Waals surface area contributed by atoms with Gasteiger partial charge in [-0.1, -0.05) is 67.3 Å². The molecular formula is C22H21N. The van der Waals surface area contributed by atoms with Crippen LogP contribution in [0.1, 0.15) is 6.42 Å². The van der Waals surface area contributed by atoms with Gasteiger partial charge in [-0.2, -0.15) is 0 Å². The summed E-state index contributed by atoms with van der Waals surface area (Å²) in [6.45, 7) is 4.14. The molecule has 2 aromatic rings.